The lowest BCUT2D eigenvalue weighted by Gasteiger charge is -2.13. The molecule has 0 aliphatic rings. The number of ether oxygens (including phenoxy) is 2. The van der Waals surface area contributed by atoms with Gasteiger partial charge in [0.1, 0.15) is 11.5 Å². The molecule has 0 spiro atoms. The van der Waals surface area contributed by atoms with Crippen molar-refractivity contribution in [3.63, 3.8) is 0 Å². The molecule has 21 heavy (non-hydrogen) atoms. The number of rotatable bonds is 4. The Balaban J connectivity index is 2.16. The normalized spacial score (nSPS) is 9.86. The van der Waals surface area contributed by atoms with Gasteiger partial charge in [-0.15, -0.1) is 0 Å². The molecule has 7 heteroatoms. The van der Waals surface area contributed by atoms with Crippen LogP contribution in [0.3, 0.4) is 0 Å². The van der Waals surface area contributed by atoms with Crippen LogP contribution >= 0.6 is 11.6 Å². The van der Waals surface area contributed by atoms with Gasteiger partial charge in [-0.3, -0.25) is 4.98 Å². The summed E-state index contributed by atoms with van der Waals surface area (Å²) in [5, 5.41) is 5.75. The molecule has 0 aliphatic carbocycles. The maximum atomic E-state index is 12.0. The maximum Gasteiger partial charge on any atom is 0.323 e. The molecule has 6 nitrogen and oxygen atoms in total. The van der Waals surface area contributed by atoms with E-state index >= 15 is 0 Å². The fourth-order valence-electron chi connectivity index (χ4n) is 1.68. The number of nitrogens with zero attached hydrogens (tertiary/aromatic N) is 1. The molecule has 0 fully saturated rings. The second-order valence-corrected chi connectivity index (χ2v) is 4.41. The number of aromatic nitrogens is 1. The maximum absolute atomic E-state index is 12.0. The zero-order chi connectivity index (χ0) is 15.2. The molecule has 2 rings (SSSR count). The van der Waals surface area contributed by atoms with Crippen LogP contribution < -0.4 is 20.1 Å². The first-order valence-corrected chi connectivity index (χ1v) is 6.41. The van der Waals surface area contributed by atoms with Crippen molar-refractivity contribution in [2.75, 3.05) is 24.9 Å². The van der Waals surface area contributed by atoms with E-state index in [2.05, 4.69) is 15.6 Å². The summed E-state index contributed by atoms with van der Waals surface area (Å²) in [7, 11) is 2.98. The van der Waals surface area contributed by atoms with Crippen molar-refractivity contribution in [2.24, 2.45) is 0 Å². The number of urea groups is 1. The predicted molar refractivity (Wildman–Crippen MR) is 81.4 cm³/mol. The van der Waals surface area contributed by atoms with Crippen LogP contribution in [0.4, 0.5) is 16.2 Å². The first-order chi connectivity index (χ1) is 10.1. The summed E-state index contributed by atoms with van der Waals surface area (Å²) in [5.74, 6) is 0.877. The highest BCUT2D eigenvalue weighted by atomic mass is 35.5. The van der Waals surface area contributed by atoms with E-state index in [-0.39, 0.29) is 0 Å². The van der Waals surface area contributed by atoms with Gasteiger partial charge in [-0.1, -0.05) is 11.6 Å². The van der Waals surface area contributed by atoms with E-state index in [0.717, 1.165) is 0 Å². The summed E-state index contributed by atoms with van der Waals surface area (Å²) in [5.41, 5.74) is 1.08. The SMILES string of the molecule is COc1cc(NC(=O)Nc2ccncc2)c(OC)cc1Cl. The average molecular weight is 308 g/mol. The van der Waals surface area contributed by atoms with Crippen molar-refractivity contribution < 1.29 is 14.3 Å². The number of hydrogen-bond donors (Lipinski definition) is 2. The molecule has 0 saturated heterocycles. The number of carbonyl (C=O) groups excluding carboxylic acids is 1. The number of pyridine rings is 1. The number of hydrogen-bond acceptors (Lipinski definition) is 4. The fraction of sp³-hybridized carbons (Fsp3) is 0.143. The Hall–Kier alpha value is -2.47. The zero-order valence-electron chi connectivity index (χ0n) is 11.5. The lowest BCUT2D eigenvalue weighted by Crippen LogP contribution is -2.19. The predicted octanol–water partition coefficient (Wildman–Crippen LogP) is 3.40. The van der Waals surface area contributed by atoms with E-state index in [0.29, 0.717) is 27.9 Å². The molecule has 0 radical (unpaired) electrons. The molecule has 0 atom stereocenters. The number of halogens is 1. The van der Waals surface area contributed by atoms with Crippen molar-refractivity contribution >= 4 is 29.0 Å². The van der Waals surface area contributed by atoms with Gasteiger partial charge in [0, 0.05) is 30.2 Å². The van der Waals surface area contributed by atoms with Gasteiger partial charge in [0.15, 0.2) is 0 Å². The summed E-state index contributed by atoms with van der Waals surface area (Å²) in [4.78, 5) is 15.8. The summed E-state index contributed by atoms with van der Waals surface area (Å²) >= 11 is 6.01. The zero-order valence-corrected chi connectivity index (χ0v) is 12.3. The molecule has 1 aromatic heterocycles. The van der Waals surface area contributed by atoms with Gasteiger partial charge >= 0.3 is 6.03 Å². The summed E-state index contributed by atoms with van der Waals surface area (Å²) < 4.78 is 10.3. The Morgan fingerprint density at radius 2 is 1.76 bits per heavy atom. The van der Waals surface area contributed by atoms with Gasteiger partial charge in [-0.2, -0.15) is 0 Å². The highest BCUT2D eigenvalue weighted by Crippen LogP contribution is 2.35. The standard InChI is InChI=1S/C14H14ClN3O3/c1-20-12-8-11(13(21-2)7-10(12)15)18-14(19)17-9-3-5-16-6-4-9/h3-8H,1-2H3,(H2,16,17,18,19). The van der Waals surface area contributed by atoms with E-state index in [1.165, 1.54) is 14.2 Å². The average Bonchev–Trinajstić information content (AvgIpc) is 2.49. The van der Waals surface area contributed by atoms with Gasteiger partial charge in [-0.25, -0.2) is 4.79 Å². The minimum Gasteiger partial charge on any atom is -0.495 e. The van der Waals surface area contributed by atoms with Crippen LogP contribution in [-0.2, 0) is 0 Å². The number of nitrogens with one attached hydrogen (secondary N) is 2. The molecule has 110 valence electrons. The van der Waals surface area contributed by atoms with Crippen LogP contribution in [0, 0.1) is 0 Å². The van der Waals surface area contributed by atoms with E-state index < -0.39 is 6.03 Å². The Bertz CT molecular complexity index is 635. The summed E-state index contributed by atoms with van der Waals surface area (Å²) in [6.07, 6.45) is 3.17. The van der Waals surface area contributed by atoms with Crippen molar-refractivity contribution in [3.05, 3.63) is 41.7 Å². The third-order valence-corrected chi connectivity index (χ3v) is 2.96. The second kappa shape index (κ2) is 6.81. The van der Waals surface area contributed by atoms with E-state index in [1.54, 1.807) is 36.7 Å². The number of anilines is 2. The van der Waals surface area contributed by atoms with E-state index in [9.17, 15) is 4.79 Å². The van der Waals surface area contributed by atoms with Gasteiger partial charge in [-0.05, 0) is 12.1 Å². The number of methoxy groups -OCH3 is 2. The molecule has 0 unspecified atom stereocenters. The van der Waals surface area contributed by atoms with Crippen LogP contribution in [0.1, 0.15) is 0 Å². The van der Waals surface area contributed by atoms with Crippen molar-refractivity contribution in [1.29, 1.82) is 0 Å². The third-order valence-electron chi connectivity index (χ3n) is 2.66. The van der Waals surface area contributed by atoms with Gasteiger partial charge in [0.05, 0.1) is 24.9 Å². The molecule has 2 aromatic rings. The summed E-state index contributed by atoms with van der Waals surface area (Å²) in [6, 6.07) is 6.11. The monoisotopic (exact) mass is 307 g/mol. The quantitative estimate of drug-likeness (QED) is 0.908. The minimum absolute atomic E-state index is 0.398. The second-order valence-electron chi connectivity index (χ2n) is 4.00. The summed E-state index contributed by atoms with van der Waals surface area (Å²) in [6.45, 7) is 0. The van der Waals surface area contributed by atoms with Crippen molar-refractivity contribution in [3.8, 4) is 11.5 Å². The molecular weight excluding hydrogens is 294 g/mol. The Labute approximate surface area is 127 Å². The van der Waals surface area contributed by atoms with Crippen molar-refractivity contribution in [1.82, 2.24) is 4.98 Å². The molecule has 2 N–H and O–H groups in total. The van der Waals surface area contributed by atoms with Crippen LogP contribution in [0.5, 0.6) is 11.5 Å². The smallest absolute Gasteiger partial charge is 0.323 e. The van der Waals surface area contributed by atoms with Crippen LogP contribution in [0.15, 0.2) is 36.7 Å². The van der Waals surface area contributed by atoms with Crippen LogP contribution in [0.2, 0.25) is 5.02 Å². The molecule has 1 aromatic carbocycles. The van der Waals surface area contributed by atoms with Crippen LogP contribution in [0.25, 0.3) is 0 Å². The third kappa shape index (κ3) is 3.76. The van der Waals surface area contributed by atoms with E-state index in [4.69, 9.17) is 21.1 Å². The van der Waals surface area contributed by atoms with Gasteiger partial charge in [0.2, 0.25) is 0 Å². The van der Waals surface area contributed by atoms with Crippen LogP contribution in [-0.4, -0.2) is 25.2 Å². The molecule has 0 bridgehead atoms. The molecule has 2 amide bonds. The first kappa shape index (κ1) is 14.9. The van der Waals surface area contributed by atoms with Crippen molar-refractivity contribution in [2.45, 2.75) is 0 Å². The minimum atomic E-state index is -0.413. The Morgan fingerprint density at radius 1 is 1.10 bits per heavy atom. The van der Waals surface area contributed by atoms with E-state index in [1.807, 2.05) is 0 Å². The largest absolute Gasteiger partial charge is 0.495 e. The lowest BCUT2D eigenvalue weighted by molar-refractivity contribution is 0.262. The number of benzene rings is 1. The molecule has 0 aliphatic heterocycles. The number of amides is 2. The lowest BCUT2D eigenvalue weighted by atomic mass is 10.2. The molecular formula is C14H14ClN3O3. The topological polar surface area (TPSA) is 72.5 Å². The highest BCUT2D eigenvalue weighted by molar-refractivity contribution is 6.32. The fourth-order valence-corrected chi connectivity index (χ4v) is 1.91. The van der Waals surface area contributed by atoms with Gasteiger partial charge < -0.3 is 20.1 Å². The highest BCUT2D eigenvalue weighted by Gasteiger charge is 2.12. The Kier molecular flexibility index (Phi) is 4.84. The molecule has 0 saturated carbocycles. The number of carbonyl (C=O) groups is 1. The molecule has 1 heterocycles. The Morgan fingerprint density at radius 3 is 2.38 bits per heavy atom. The van der Waals surface area contributed by atoms with Gasteiger partial charge in [0.25, 0.3) is 0 Å². The first-order valence-electron chi connectivity index (χ1n) is 6.03.